The molecule has 1 atom stereocenters. The van der Waals surface area contributed by atoms with Crippen LogP contribution >= 0.6 is 0 Å². The van der Waals surface area contributed by atoms with Crippen molar-refractivity contribution in [2.24, 2.45) is 5.73 Å². The molecule has 0 aromatic heterocycles. The molecule has 1 unspecified atom stereocenters. The summed E-state index contributed by atoms with van der Waals surface area (Å²) in [5, 5.41) is 0. The molecule has 1 aliphatic heterocycles. The molecule has 3 heteroatoms. The van der Waals surface area contributed by atoms with E-state index in [-0.39, 0.29) is 5.82 Å². The number of rotatable bonds is 3. The summed E-state index contributed by atoms with van der Waals surface area (Å²) in [6.07, 6.45) is 1.84. The van der Waals surface area contributed by atoms with E-state index in [0.29, 0.717) is 6.04 Å². The zero-order chi connectivity index (χ0) is 10.7. The summed E-state index contributed by atoms with van der Waals surface area (Å²) >= 11 is 0. The highest BCUT2D eigenvalue weighted by Crippen LogP contribution is 2.11. The van der Waals surface area contributed by atoms with Gasteiger partial charge in [0.25, 0.3) is 0 Å². The van der Waals surface area contributed by atoms with Gasteiger partial charge in [0.05, 0.1) is 0 Å². The minimum atomic E-state index is -0.0963. The summed E-state index contributed by atoms with van der Waals surface area (Å²) in [4.78, 5) is 2.30. The number of likely N-dealkylation sites (tertiary alicyclic amines) is 1. The smallest absolute Gasteiger partial charge is 0.126 e. The molecule has 15 heavy (non-hydrogen) atoms. The molecule has 1 aliphatic rings. The Kier molecular flexibility index (Phi) is 3.34. The van der Waals surface area contributed by atoms with Gasteiger partial charge in [0.1, 0.15) is 5.82 Å². The van der Waals surface area contributed by atoms with Gasteiger partial charge in [-0.2, -0.15) is 0 Å². The normalized spacial score (nSPS) is 22.1. The molecule has 0 amide bonds. The fraction of sp³-hybridized carbons (Fsp3) is 0.500. The molecule has 1 aromatic carbocycles. The molecule has 0 aliphatic carbocycles. The van der Waals surface area contributed by atoms with Gasteiger partial charge in [0, 0.05) is 19.1 Å². The van der Waals surface area contributed by atoms with Crippen molar-refractivity contribution in [3.05, 3.63) is 35.6 Å². The first kappa shape index (κ1) is 10.6. The number of hydrogen-bond donors (Lipinski definition) is 1. The van der Waals surface area contributed by atoms with Crippen LogP contribution < -0.4 is 5.73 Å². The molecule has 0 spiro atoms. The molecule has 82 valence electrons. The van der Waals surface area contributed by atoms with Crippen LogP contribution in [0.5, 0.6) is 0 Å². The van der Waals surface area contributed by atoms with Crippen LogP contribution in [0.25, 0.3) is 0 Å². The van der Waals surface area contributed by atoms with Gasteiger partial charge < -0.3 is 10.6 Å². The van der Waals surface area contributed by atoms with E-state index in [4.69, 9.17) is 5.73 Å². The Morgan fingerprint density at radius 1 is 1.40 bits per heavy atom. The number of nitrogens with two attached hydrogens (primary N) is 1. The second-order valence-electron chi connectivity index (χ2n) is 4.19. The molecule has 0 saturated carbocycles. The van der Waals surface area contributed by atoms with E-state index in [2.05, 4.69) is 4.90 Å². The van der Waals surface area contributed by atoms with E-state index in [1.54, 1.807) is 6.07 Å². The molecular weight excluding hydrogens is 191 g/mol. The monoisotopic (exact) mass is 208 g/mol. The topological polar surface area (TPSA) is 29.3 Å². The van der Waals surface area contributed by atoms with Gasteiger partial charge in [-0.15, -0.1) is 0 Å². The summed E-state index contributed by atoms with van der Waals surface area (Å²) in [5.41, 5.74) is 6.61. The van der Waals surface area contributed by atoms with Gasteiger partial charge in [-0.25, -0.2) is 4.39 Å². The van der Waals surface area contributed by atoms with Crippen molar-refractivity contribution in [2.45, 2.75) is 18.9 Å². The molecule has 0 bridgehead atoms. The van der Waals surface area contributed by atoms with E-state index in [1.165, 1.54) is 6.07 Å². The Morgan fingerprint density at radius 2 is 2.20 bits per heavy atom. The fourth-order valence-electron chi connectivity index (χ4n) is 2.05. The van der Waals surface area contributed by atoms with Gasteiger partial charge in [0.2, 0.25) is 0 Å². The Labute approximate surface area is 89.9 Å². The second kappa shape index (κ2) is 4.73. The summed E-state index contributed by atoms with van der Waals surface area (Å²) in [6, 6.07) is 7.29. The van der Waals surface area contributed by atoms with Crippen molar-refractivity contribution in [1.29, 1.82) is 0 Å². The maximum atomic E-state index is 13.3. The van der Waals surface area contributed by atoms with Crippen molar-refractivity contribution in [1.82, 2.24) is 4.90 Å². The molecule has 1 fully saturated rings. The van der Waals surface area contributed by atoms with Crippen LogP contribution in [0.1, 0.15) is 12.0 Å². The maximum absolute atomic E-state index is 13.3. The highest BCUT2D eigenvalue weighted by atomic mass is 19.1. The lowest BCUT2D eigenvalue weighted by Crippen LogP contribution is -2.28. The quantitative estimate of drug-likeness (QED) is 0.813. The van der Waals surface area contributed by atoms with E-state index >= 15 is 0 Å². The maximum Gasteiger partial charge on any atom is 0.126 e. The van der Waals surface area contributed by atoms with E-state index < -0.39 is 0 Å². The number of hydrogen-bond acceptors (Lipinski definition) is 2. The minimum absolute atomic E-state index is 0.0963. The zero-order valence-electron chi connectivity index (χ0n) is 8.82. The number of nitrogens with zero attached hydrogens (tertiary/aromatic N) is 1. The zero-order valence-corrected chi connectivity index (χ0v) is 8.82. The first-order valence-corrected chi connectivity index (χ1v) is 5.47. The average Bonchev–Trinajstić information content (AvgIpc) is 2.63. The van der Waals surface area contributed by atoms with E-state index in [1.807, 2.05) is 12.1 Å². The standard InChI is InChI=1S/C12H17FN2/c13-12-4-2-1-3-10(12)5-7-15-8-6-11(14)9-15/h1-4,11H,5-9,14H2. The van der Waals surface area contributed by atoms with Crippen LogP contribution in [0.4, 0.5) is 4.39 Å². The van der Waals surface area contributed by atoms with Crippen molar-refractivity contribution >= 4 is 0 Å². The van der Waals surface area contributed by atoms with Crippen LogP contribution in [0.2, 0.25) is 0 Å². The van der Waals surface area contributed by atoms with Gasteiger partial charge in [0.15, 0.2) is 0 Å². The molecule has 2 N–H and O–H groups in total. The summed E-state index contributed by atoms with van der Waals surface area (Å²) in [5.74, 6) is -0.0963. The summed E-state index contributed by atoms with van der Waals surface area (Å²) in [7, 11) is 0. The molecule has 0 radical (unpaired) electrons. The van der Waals surface area contributed by atoms with Gasteiger partial charge in [-0.1, -0.05) is 18.2 Å². The molecule has 1 saturated heterocycles. The Morgan fingerprint density at radius 3 is 2.87 bits per heavy atom. The second-order valence-corrected chi connectivity index (χ2v) is 4.19. The van der Waals surface area contributed by atoms with Gasteiger partial charge in [-0.05, 0) is 31.0 Å². The number of halogens is 1. The SMILES string of the molecule is NC1CCN(CCc2ccccc2F)C1. The van der Waals surface area contributed by atoms with Crippen molar-refractivity contribution in [2.75, 3.05) is 19.6 Å². The largest absolute Gasteiger partial charge is 0.326 e. The predicted molar refractivity (Wildman–Crippen MR) is 59.1 cm³/mol. The first-order chi connectivity index (χ1) is 7.25. The average molecular weight is 208 g/mol. The lowest BCUT2D eigenvalue weighted by atomic mass is 10.1. The molecule has 1 heterocycles. The molecular formula is C12H17FN2. The molecule has 1 aromatic rings. The lowest BCUT2D eigenvalue weighted by molar-refractivity contribution is 0.337. The highest BCUT2D eigenvalue weighted by Gasteiger charge is 2.18. The van der Waals surface area contributed by atoms with Crippen molar-refractivity contribution in [3.63, 3.8) is 0 Å². The Balaban J connectivity index is 1.86. The summed E-state index contributed by atoms with van der Waals surface area (Å²) in [6.45, 7) is 2.92. The fourth-order valence-corrected chi connectivity index (χ4v) is 2.05. The third kappa shape index (κ3) is 2.76. The minimum Gasteiger partial charge on any atom is -0.326 e. The van der Waals surface area contributed by atoms with Crippen LogP contribution in [0, 0.1) is 5.82 Å². The molecule has 2 nitrogen and oxygen atoms in total. The van der Waals surface area contributed by atoms with Crippen LogP contribution in [-0.4, -0.2) is 30.6 Å². The van der Waals surface area contributed by atoms with Gasteiger partial charge >= 0.3 is 0 Å². The van der Waals surface area contributed by atoms with Crippen molar-refractivity contribution < 1.29 is 4.39 Å². The third-order valence-electron chi connectivity index (χ3n) is 2.96. The van der Waals surface area contributed by atoms with Crippen LogP contribution in [-0.2, 0) is 6.42 Å². The van der Waals surface area contributed by atoms with Gasteiger partial charge in [-0.3, -0.25) is 0 Å². The van der Waals surface area contributed by atoms with E-state index in [0.717, 1.165) is 38.0 Å². The predicted octanol–water partition coefficient (Wildman–Crippen LogP) is 1.40. The Bertz CT molecular complexity index is 327. The third-order valence-corrected chi connectivity index (χ3v) is 2.96. The summed E-state index contributed by atoms with van der Waals surface area (Å²) < 4.78 is 13.3. The van der Waals surface area contributed by atoms with Crippen LogP contribution in [0.3, 0.4) is 0 Å². The van der Waals surface area contributed by atoms with E-state index in [9.17, 15) is 4.39 Å². The highest BCUT2D eigenvalue weighted by molar-refractivity contribution is 5.17. The lowest BCUT2D eigenvalue weighted by Gasteiger charge is -2.14. The first-order valence-electron chi connectivity index (χ1n) is 5.47. The molecule has 2 rings (SSSR count). The Hall–Kier alpha value is -0.930. The van der Waals surface area contributed by atoms with Crippen LogP contribution in [0.15, 0.2) is 24.3 Å². The van der Waals surface area contributed by atoms with Crippen molar-refractivity contribution in [3.8, 4) is 0 Å². The number of benzene rings is 1.